The molecule has 0 fully saturated rings. The van der Waals surface area contributed by atoms with Crippen molar-refractivity contribution in [1.82, 2.24) is 0 Å². The van der Waals surface area contributed by atoms with Gasteiger partial charge in [0.25, 0.3) is 11.6 Å². The van der Waals surface area contributed by atoms with Crippen LogP contribution < -0.4 is 14.8 Å². The highest BCUT2D eigenvalue weighted by Crippen LogP contribution is 2.29. The van der Waals surface area contributed by atoms with Crippen molar-refractivity contribution in [2.75, 3.05) is 19.5 Å². The normalized spacial score (nSPS) is 10.0. The number of benzene rings is 2. The molecule has 0 bridgehead atoms. The molecule has 8 heteroatoms. The van der Waals surface area contributed by atoms with Crippen LogP contribution in [-0.2, 0) is 0 Å². The Hall–Kier alpha value is -2.80. The second-order valence-electron chi connectivity index (χ2n) is 4.45. The zero-order valence-electron chi connectivity index (χ0n) is 12.3. The van der Waals surface area contributed by atoms with Crippen molar-refractivity contribution in [1.29, 1.82) is 0 Å². The van der Waals surface area contributed by atoms with Crippen LogP contribution in [0.5, 0.6) is 11.5 Å². The van der Waals surface area contributed by atoms with Gasteiger partial charge in [0, 0.05) is 17.7 Å². The third kappa shape index (κ3) is 3.70. The van der Waals surface area contributed by atoms with Crippen molar-refractivity contribution < 1.29 is 19.2 Å². The van der Waals surface area contributed by atoms with Crippen molar-refractivity contribution in [2.24, 2.45) is 0 Å². The van der Waals surface area contributed by atoms with E-state index >= 15 is 0 Å². The van der Waals surface area contributed by atoms with Gasteiger partial charge in [-0.25, -0.2) is 0 Å². The fourth-order valence-electron chi connectivity index (χ4n) is 1.89. The summed E-state index contributed by atoms with van der Waals surface area (Å²) in [5.41, 5.74) is 0.452. The number of nitro groups is 1. The van der Waals surface area contributed by atoms with Crippen LogP contribution in [0.25, 0.3) is 0 Å². The molecule has 0 heterocycles. The fraction of sp³-hybridized carbons (Fsp3) is 0.133. The third-order valence-electron chi connectivity index (χ3n) is 3.06. The van der Waals surface area contributed by atoms with E-state index in [4.69, 9.17) is 21.1 Å². The lowest BCUT2D eigenvalue weighted by atomic mass is 10.1. The van der Waals surface area contributed by atoms with Crippen LogP contribution in [0.3, 0.4) is 0 Å². The van der Waals surface area contributed by atoms with Gasteiger partial charge in [0.15, 0.2) is 11.5 Å². The molecular formula is C15H13ClN2O5. The van der Waals surface area contributed by atoms with Gasteiger partial charge in [-0.2, -0.15) is 0 Å². The van der Waals surface area contributed by atoms with Gasteiger partial charge in [-0.05, 0) is 24.3 Å². The molecule has 0 aliphatic carbocycles. The molecule has 23 heavy (non-hydrogen) atoms. The Morgan fingerprint density at radius 2 is 1.83 bits per heavy atom. The summed E-state index contributed by atoms with van der Waals surface area (Å²) in [6, 6.07) is 8.50. The number of carbonyl (C=O) groups excluding carboxylic acids is 1. The van der Waals surface area contributed by atoms with E-state index in [1.807, 2.05) is 0 Å². The Labute approximate surface area is 136 Å². The lowest BCUT2D eigenvalue weighted by Crippen LogP contribution is -2.12. The first kappa shape index (κ1) is 16.6. The summed E-state index contributed by atoms with van der Waals surface area (Å²) < 4.78 is 10.2. The molecule has 1 amide bonds. The van der Waals surface area contributed by atoms with E-state index in [0.717, 1.165) is 0 Å². The van der Waals surface area contributed by atoms with Gasteiger partial charge in [-0.15, -0.1) is 0 Å². The van der Waals surface area contributed by atoms with Crippen molar-refractivity contribution in [3.05, 3.63) is 57.1 Å². The molecule has 0 aromatic heterocycles. The van der Waals surface area contributed by atoms with Gasteiger partial charge in [-0.3, -0.25) is 14.9 Å². The Morgan fingerprint density at radius 1 is 1.13 bits per heavy atom. The standard InChI is InChI=1S/C15H13ClN2O5/c1-22-13-6-3-9(7-14(13)23-2)15(19)17-12-5-4-10(18(20)21)8-11(12)16/h3-8H,1-2H3,(H,17,19). The SMILES string of the molecule is COc1ccc(C(=O)Nc2ccc([N+](=O)[O-])cc2Cl)cc1OC. The predicted molar refractivity (Wildman–Crippen MR) is 85.6 cm³/mol. The number of rotatable bonds is 5. The Balaban J connectivity index is 2.24. The first-order valence-electron chi connectivity index (χ1n) is 6.43. The van der Waals surface area contributed by atoms with Crippen LogP contribution in [0.1, 0.15) is 10.4 Å². The third-order valence-corrected chi connectivity index (χ3v) is 3.37. The van der Waals surface area contributed by atoms with Crippen LogP contribution in [-0.4, -0.2) is 25.1 Å². The van der Waals surface area contributed by atoms with E-state index in [1.165, 1.54) is 38.5 Å². The molecule has 0 aliphatic rings. The van der Waals surface area contributed by atoms with E-state index in [0.29, 0.717) is 17.1 Å². The number of nitrogens with zero attached hydrogens (tertiary/aromatic N) is 1. The molecule has 7 nitrogen and oxygen atoms in total. The number of non-ortho nitro benzene ring substituents is 1. The second-order valence-corrected chi connectivity index (χ2v) is 4.85. The number of hydrogen-bond acceptors (Lipinski definition) is 5. The summed E-state index contributed by atoms with van der Waals surface area (Å²) in [6.45, 7) is 0. The highest BCUT2D eigenvalue weighted by molar-refractivity contribution is 6.34. The summed E-state index contributed by atoms with van der Waals surface area (Å²) in [5, 5.41) is 13.3. The van der Waals surface area contributed by atoms with Gasteiger partial charge in [-0.1, -0.05) is 11.6 Å². The van der Waals surface area contributed by atoms with Gasteiger partial charge in [0.1, 0.15) is 0 Å². The highest BCUT2D eigenvalue weighted by Gasteiger charge is 2.14. The summed E-state index contributed by atoms with van der Waals surface area (Å²) in [6.07, 6.45) is 0. The number of methoxy groups -OCH3 is 2. The minimum atomic E-state index is -0.564. The van der Waals surface area contributed by atoms with E-state index < -0.39 is 10.8 Å². The van der Waals surface area contributed by atoms with E-state index in [9.17, 15) is 14.9 Å². The zero-order valence-corrected chi connectivity index (χ0v) is 13.1. The number of nitrogens with one attached hydrogen (secondary N) is 1. The number of nitro benzene ring substituents is 1. The summed E-state index contributed by atoms with van der Waals surface area (Å²) in [5.74, 6) is 0.481. The number of anilines is 1. The first-order chi connectivity index (χ1) is 11.0. The maximum absolute atomic E-state index is 12.3. The van der Waals surface area contributed by atoms with Crippen LogP contribution in [0, 0.1) is 10.1 Å². The van der Waals surface area contributed by atoms with Gasteiger partial charge in [0.05, 0.1) is 29.9 Å². The van der Waals surface area contributed by atoms with Crippen LogP contribution >= 0.6 is 11.6 Å². The average Bonchev–Trinajstić information content (AvgIpc) is 2.55. The Kier molecular flexibility index (Phi) is 5.02. The first-order valence-corrected chi connectivity index (χ1v) is 6.81. The highest BCUT2D eigenvalue weighted by atomic mass is 35.5. The van der Waals surface area contributed by atoms with Crippen LogP contribution in [0.4, 0.5) is 11.4 Å². The molecule has 0 radical (unpaired) electrons. The Bertz CT molecular complexity index is 764. The van der Waals surface area contributed by atoms with E-state index in [-0.39, 0.29) is 16.4 Å². The molecule has 2 aromatic rings. The number of halogens is 1. The molecule has 0 saturated heterocycles. The summed E-state index contributed by atoms with van der Waals surface area (Å²) in [7, 11) is 2.96. The van der Waals surface area contributed by atoms with E-state index in [1.54, 1.807) is 12.1 Å². The predicted octanol–water partition coefficient (Wildman–Crippen LogP) is 3.52. The molecule has 120 valence electrons. The van der Waals surface area contributed by atoms with Crippen LogP contribution in [0.2, 0.25) is 5.02 Å². The number of carbonyl (C=O) groups is 1. The van der Waals surface area contributed by atoms with Gasteiger partial charge >= 0.3 is 0 Å². The largest absolute Gasteiger partial charge is 0.493 e. The molecule has 0 spiro atoms. The average molecular weight is 337 g/mol. The topological polar surface area (TPSA) is 90.7 Å². The van der Waals surface area contributed by atoms with Crippen molar-refractivity contribution in [2.45, 2.75) is 0 Å². The molecule has 0 aliphatic heterocycles. The number of ether oxygens (including phenoxy) is 2. The second kappa shape index (κ2) is 6.97. The smallest absolute Gasteiger partial charge is 0.271 e. The maximum Gasteiger partial charge on any atom is 0.271 e. The molecular weight excluding hydrogens is 324 g/mol. The lowest BCUT2D eigenvalue weighted by molar-refractivity contribution is -0.384. The Morgan fingerprint density at radius 3 is 2.39 bits per heavy atom. The van der Waals surface area contributed by atoms with Gasteiger partial charge in [0.2, 0.25) is 0 Å². The van der Waals surface area contributed by atoms with E-state index in [2.05, 4.69) is 5.32 Å². The fourth-order valence-corrected chi connectivity index (χ4v) is 2.11. The molecule has 2 aromatic carbocycles. The molecule has 0 unspecified atom stereocenters. The van der Waals surface area contributed by atoms with Gasteiger partial charge < -0.3 is 14.8 Å². The number of hydrogen-bond donors (Lipinski definition) is 1. The van der Waals surface area contributed by atoms with Crippen LogP contribution in [0.15, 0.2) is 36.4 Å². The lowest BCUT2D eigenvalue weighted by Gasteiger charge is -2.10. The number of amides is 1. The molecule has 0 saturated carbocycles. The van der Waals surface area contributed by atoms with Crippen molar-refractivity contribution in [3.63, 3.8) is 0 Å². The van der Waals surface area contributed by atoms with Crippen molar-refractivity contribution in [3.8, 4) is 11.5 Å². The molecule has 2 rings (SSSR count). The summed E-state index contributed by atoms with van der Waals surface area (Å²) in [4.78, 5) is 22.4. The molecule has 1 N–H and O–H groups in total. The zero-order chi connectivity index (χ0) is 17.0. The molecule has 0 atom stereocenters. The van der Waals surface area contributed by atoms with Crippen molar-refractivity contribution >= 4 is 28.9 Å². The maximum atomic E-state index is 12.3. The minimum absolute atomic E-state index is 0.0769. The quantitative estimate of drug-likeness (QED) is 0.666. The minimum Gasteiger partial charge on any atom is -0.493 e. The monoisotopic (exact) mass is 336 g/mol. The summed E-state index contributed by atoms with van der Waals surface area (Å²) >= 11 is 5.95.